The Morgan fingerprint density at radius 1 is 1.04 bits per heavy atom. The third-order valence-electron chi connectivity index (χ3n) is 5.18. The van der Waals surface area contributed by atoms with E-state index in [2.05, 4.69) is 4.98 Å². The van der Waals surface area contributed by atoms with Gasteiger partial charge < -0.3 is 9.80 Å². The fourth-order valence-corrected chi connectivity index (χ4v) is 3.71. The van der Waals surface area contributed by atoms with Crippen molar-refractivity contribution < 1.29 is 9.59 Å². The van der Waals surface area contributed by atoms with Gasteiger partial charge in [-0.1, -0.05) is 18.9 Å². The molecule has 2 aliphatic rings. The van der Waals surface area contributed by atoms with Gasteiger partial charge in [0.2, 0.25) is 11.8 Å². The average molecular weight is 341 g/mol. The van der Waals surface area contributed by atoms with Crippen LogP contribution in [-0.4, -0.2) is 52.8 Å². The molecule has 0 unspecified atom stereocenters. The third-order valence-corrected chi connectivity index (χ3v) is 5.18. The number of hydrogen-bond acceptors (Lipinski definition) is 3. The van der Waals surface area contributed by atoms with E-state index < -0.39 is 0 Å². The first-order chi connectivity index (χ1) is 12.2. The Morgan fingerprint density at radius 3 is 2.56 bits per heavy atom. The molecule has 25 heavy (non-hydrogen) atoms. The molecule has 0 atom stereocenters. The zero-order chi connectivity index (χ0) is 17.5. The summed E-state index contributed by atoms with van der Waals surface area (Å²) in [5.74, 6) is 0.843. The van der Waals surface area contributed by atoms with E-state index >= 15 is 0 Å². The van der Waals surface area contributed by atoms with Crippen LogP contribution in [0.5, 0.6) is 0 Å². The van der Waals surface area contributed by atoms with E-state index in [0.717, 1.165) is 18.7 Å². The predicted molar refractivity (Wildman–Crippen MR) is 97.6 cm³/mol. The molecule has 5 heteroatoms. The number of rotatable bonds is 4. The number of carbonyl (C=O) groups excluding carboxylic acids is 2. The zero-order valence-corrected chi connectivity index (χ0v) is 14.8. The molecule has 0 spiro atoms. The van der Waals surface area contributed by atoms with Gasteiger partial charge in [0, 0.05) is 44.9 Å². The van der Waals surface area contributed by atoms with Crippen LogP contribution in [0.15, 0.2) is 30.5 Å². The van der Waals surface area contributed by atoms with Crippen molar-refractivity contribution in [2.75, 3.05) is 26.2 Å². The summed E-state index contributed by atoms with van der Waals surface area (Å²) in [6.07, 6.45) is 11.5. The predicted octanol–water partition coefficient (Wildman–Crippen LogP) is 2.74. The number of aromatic nitrogens is 1. The summed E-state index contributed by atoms with van der Waals surface area (Å²) in [6.45, 7) is 2.73. The number of carbonyl (C=O) groups is 2. The number of pyridine rings is 1. The van der Waals surface area contributed by atoms with Gasteiger partial charge in [-0.3, -0.25) is 14.6 Å². The van der Waals surface area contributed by atoms with Crippen molar-refractivity contribution in [3.8, 4) is 0 Å². The maximum atomic E-state index is 12.5. The maximum absolute atomic E-state index is 12.5. The Bertz CT molecular complexity index is 609. The first-order valence-electron chi connectivity index (χ1n) is 9.38. The van der Waals surface area contributed by atoms with Crippen LogP contribution in [0, 0.1) is 5.92 Å². The van der Waals surface area contributed by atoms with Gasteiger partial charge >= 0.3 is 0 Å². The normalized spacial score (nSPS) is 19.4. The van der Waals surface area contributed by atoms with Crippen molar-refractivity contribution in [2.45, 2.75) is 38.5 Å². The maximum Gasteiger partial charge on any atom is 0.246 e. The Labute approximate surface area is 149 Å². The molecule has 0 N–H and O–H groups in total. The van der Waals surface area contributed by atoms with Gasteiger partial charge in [0.1, 0.15) is 0 Å². The molecule has 1 aromatic heterocycles. The first kappa shape index (κ1) is 17.6. The van der Waals surface area contributed by atoms with Crippen LogP contribution >= 0.6 is 0 Å². The molecule has 2 amide bonds. The second kappa shape index (κ2) is 8.79. The van der Waals surface area contributed by atoms with E-state index in [1.807, 2.05) is 28.0 Å². The molecule has 134 valence electrons. The first-order valence-corrected chi connectivity index (χ1v) is 9.38. The molecule has 1 saturated carbocycles. The smallest absolute Gasteiger partial charge is 0.246 e. The monoisotopic (exact) mass is 341 g/mol. The molecule has 0 bridgehead atoms. The fourth-order valence-electron chi connectivity index (χ4n) is 3.71. The van der Waals surface area contributed by atoms with Crippen LogP contribution < -0.4 is 0 Å². The minimum absolute atomic E-state index is 0.00394. The van der Waals surface area contributed by atoms with Crippen molar-refractivity contribution in [3.63, 3.8) is 0 Å². The summed E-state index contributed by atoms with van der Waals surface area (Å²) < 4.78 is 0. The Balaban J connectivity index is 1.49. The highest BCUT2D eigenvalue weighted by atomic mass is 16.2. The standard InChI is InChI=1S/C20H27N3O2/c24-19(10-9-18-8-3-4-11-21-18)22-12-5-13-23(15-14-22)20(25)16-17-6-1-2-7-17/h3-4,8-11,17H,1-2,5-7,12-16H2. The average Bonchev–Trinajstić information content (AvgIpc) is 3.01. The van der Waals surface area contributed by atoms with Crippen molar-refractivity contribution >= 4 is 17.9 Å². The summed E-state index contributed by atoms with van der Waals surface area (Å²) in [5.41, 5.74) is 0.777. The Morgan fingerprint density at radius 2 is 1.80 bits per heavy atom. The van der Waals surface area contributed by atoms with Gasteiger partial charge in [0.25, 0.3) is 0 Å². The number of hydrogen-bond donors (Lipinski definition) is 0. The molecule has 1 aromatic rings. The van der Waals surface area contributed by atoms with Gasteiger partial charge in [0.15, 0.2) is 0 Å². The van der Waals surface area contributed by atoms with Gasteiger partial charge in [-0.25, -0.2) is 0 Å². The highest BCUT2D eigenvalue weighted by molar-refractivity contribution is 5.91. The highest BCUT2D eigenvalue weighted by Gasteiger charge is 2.24. The summed E-state index contributed by atoms with van der Waals surface area (Å²) in [6, 6.07) is 5.62. The molecule has 1 saturated heterocycles. The second-order valence-electron chi connectivity index (χ2n) is 7.00. The summed E-state index contributed by atoms with van der Waals surface area (Å²) >= 11 is 0. The van der Waals surface area contributed by atoms with Crippen LogP contribution in [0.1, 0.15) is 44.2 Å². The number of amides is 2. The van der Waals surface area contributed by atoms with Gasteiger partial charge in [0.05, 0.1) is 5.69 Å². The zero-order valence-electron chi connectivity index (χ0n) is 14.8. The third kappa shape index (κ3) is 5.15. The van der Waals surface area contributed by atoms with Crippen LogP contribution in [0.2, 0.25) is 0 Å². The van der Waals surface area contributed by atoms with Crippen molar-refractivity contribution in [1.29, 1.82) is 0 Å². The molecule has 3 rings (SSSR count). The number of nitrogens with zero attached hydrogens (tertiary/aromatic N) is 3. The van der Waals surface area contributed by atoms with Crippen LogP contribution in [-0.2, 0) is 9.59 Å². The molecular weight excluding hydrogens is 314 g/mol. The minimum Gasteiger partial charge on any atom is -0.341 e. The second-order valence-corrected chi connectivity index (χ2v) is 7.00. The van der Waals surface area contributed by atoms with E-state index in [-0.39, 0.29) is 11.8 Å². The van der Waals surface area contributed by atoms with Gasteiger partial charge in [-0.2, -0.15) is 0 Å². The van der Waals surface area contributed by atoms with E-state index in [1.54, 1.807) is 18.3 Å². The lowest BCUT2D eigenvalue weighted by Gasteiger charge is -2.22. The quantitative estimate of drug-likeness (QED) is 0.791. The van der Waals surface area contributed by atoms with Crippen LogP contribution in [0.3, 0.4) is 0 Å². The summed E-state index contributed by atoms with van der Waals surface area (Å²) in [5, 5.41) is 0. The molecule has 5 nitrogen and oxygen atoms in total. The molecule has 1 aliphatic heterocycles. The SMILES string of the molecule is O=C(C=Cc1ccccn1)N1CCCN(C(=O)CC2CCCC2)CC1. The fraction of sp³-hybridized carbons (Fsp3) is 0.550. The minimum atomic E-state index is -0.00394. The molecule has 0 radical (unpaired) electrons. The lowest BCUT2D eigenvalue weighted by Crippen LogP contribution is -2.37. The largest absolute Gasteiger partial charge is 0.341 e. The molecule has 2 heterocycles. The molecule has 2 fully saturated rings. The molecule has 1 aliphatic carbocycles. The Hall–Kier alpha value is -2.17. The van der Waals surface area contributed by atoms with E-state index in [0.29, 0.717) is 32.0 Å². The van der Waals surface area contributed by atoms with Crippen molar-refractivity contribution in [2.24, 2.45) is 5.92 Å². The van der Waals surface area contributed by atoms with E-state index in [4.69, 9.17) is 0 Å². The highest BCUT2D eigenvalue weighted by Crippen LogP contribution is 2.28. The molecular formula is C20H27N3O2. The van der Waals surface area contributed by atoms with Crippen LogP contribution in [0.4, 0.5) is 0 Å². The topological polar surface area (TPSA) is 53.5 Å². The van der Waals surface area contributed by atoms with E-state index in [1.165, 1.54) is 25.7 Å². The lowest BCUT2D eigenvalue weighted by molar-refractivity contribution is -0.132. The lowest BCUT2D eigenvalue weighted by atomic mass is 10.0. The van der Waals surface area contributed by atoms with Gasteiger partial charge in [-0.05, 0) is 43.4 Å². The molecule has 0 aromatic carbocycles. The van der Waals surface area contributed by atoms with Crippen LogP contribution in [0.25, 0.3) is 6.08 Å². The summed E-state index contributed by atoms with van der Waals surface area (Å²) in [7, 11) is 0. The van der Waals surface area contributed by atoms with Crippen molar-refractivity contribution in [1.82, 2.24) is 14.8 Å². The van der Waals surface area contributed by atoms with Gasteiger partial charge in [-0.15, -0.1) is 0 Å². The Kier molecular flexibility index (Phi) is 6.20. The summed E-state index contributed by atoms with van der Waals surface area (Å²) in [4.78, 5) is 32.9. The van der Waals surface area contributed by atoms with E-state index in [9.17, 15) is 9.59 Å². The van der Waals surface area contributed by atoms with Crippen molar-refractivity contribution in [3.05, 3.63) is 36.2 Å².